The first kappa shape index (κ1) is 16.7. The van der Waals surface area contributed by atoms with E-state index in [0.29, 0.717) is 18.5 Å². The van der Waals surface area contributed by atoms with Gasteiger partial charge in [-0.3, -0.25) is 4.79 Å². The molecule has 0 aromatic heterocycles. The van der Waals surface area contributed by atoms with E-state index in [0.717, 1.165) is 19.4 Å². The number of rotatable bonds is 5. The van der Waals surface area contributed by atoms with Crippen LogP contribution in [0, 0.1) is 0 Å². The lowest BCUT2D eigenvalue weighted by atomic mass is 9.88. The second kappa shape index (κ2) is 8.11. The summed E-state index contributed by atoms with van der Waals surface area (Å²) in [5.41, 5.74) is 2.38. The van der Waals surface area contributed by atoms with Crippen LogP contribution in [0.2, 0.25) is 0 Å². The zero-order chi connectivity index (χ0) is 16.8. The van der Waals surface area contributed by atoms with Crippen molar-refractivity contribution in [3.05, 3.63) is 71.8 Å². The molecular formula is C21H26N2O. The first-order valence-corrected chi connectivity index (χ1v) is 8.85. The van der Waals surface area contributed by atoms with Crippen LogP contribution in [0.4, 0.5) is 0 Å². The molecule has 0 bridgehead atoms. The zero-order valence-corrected chi connectivity index (χ0v) is 14.2. The summed E-state index contributed by atoms with van der Waals surface area (Å²) in [6, 6.07) is 21.4. The van der Waals surface area contributed by atoms with E-state index in [1.54, 1.807) is 0 Å². The maximum absolute atomic E-state index is 12.6. The Kier molecular flexibility index (Phi) is 5.65. The Morgan fingerprint density at radius 3 is 2.21 bits per heavy atom. The van der Waals surface area contributed by atoms with Crippen molar-refractivity contribution >= 4 is 5.91 Å². The third-order valence-electron chi connectivity index (χ3n) is 4.78. The summed E-state index contributed by atoms with van der Waals surface area (Å²) < 4.78 is 0. The van der Waals surface area contributed by atoms with Crippen molar-refractivity contribution in [2.45, 2.75) is 44.2 Å². The fourth-order valence-electron chi connectivity index (χ4n) is 3.53. The molecule has 1 fully saturated rings. The monoisotopic (exact) mass is 322 g/mol. The molecule has 3 heteroatoms. The van der Waals surface area contributed by atoms with Crippen molar-refractivity contribution < 1.29 is 4.79 Å². The van der Waals surface area contributed by atoms with Crippen LogP contribution in [-0.2, 0) is 4.79 Å². The molecule has 1 amide bonds. The molecule has 0 spiro atoms. The van der Waals surface area contributed by atoms with Gasteiger partial charge in [0, 0.05) is 24.4 Å². The number of carbonyl (C=O) groups excluding carboxylic acids is 1. The van der Waals surface area contributed by atoms with E-state index in [2.05, 4.69) is 41.8 Å². The number of piperidine rings is 1. The molecule has 1 saturated heterocycles. The van der Waals surface area contributed by atoms with E-state index in [-0.39, 0.29) is 11.8 Å². The summed E-state index contributed by atoms with van der Waals surface area (Å²) in [6.45, 7) is 3.15. The number of nitrogens with one attached hydrogen (secondary N) is 2. The van der Waals surface area contributed by atoms with Gasteiger partial charge in [-0.25, -0.2) is 0 Å². The van der Waals surface area contributed by atoms with Gasteiger partial charge in [0.05, 0.1) is 0 Å². The van der Waals surface area contributed by atoms with Crippen LogP contribution in [-0.4, -0.2) is 24.5 Å². The molecule has 24 heavy (non-hydrogen) atoms. The SMILES string of the molecule is CC1CC(NC(=O)CC(c2ccccc2)c2ccccc2)CCN1. The lowest BCUT2D eigenvalue weighted by molar-refractivity contribution is -0.122. The van der Waals surface area contributed by atoms with E-state index >= 15 is 0 Å². The number of benzene rings is 2. The molecule has 0 aliphatic carbocycles. The normalized spacial score (nSPS) is 20.8. The van der Waals surface area contributed by atoms with E-state index in [4.69, 9.17) is 0 Å². The number of hydrogen-bond acceptors (Lipinski definition) is 2. The van der Waals surface area contributed by atoms with E-state index in [1.807, 2.05) is 36.4 Å². The average molecular weight is 322 g/mol. The molecule has 2 atom stereocenters. The van der Waals surface area contributed by atoms with Crippen molar-refractivity contribution in [1.29, 1.82) is 0 Å². The van der Waals surface area contributed by atoms with Crippen LogP contribution in [0.1, 0.15) is 43.2 Å². The van der Waals surface area contributed by atoms with Crippen LogP contribution in [0.15, 0.2) is 60.7 Å². The third-order valence-corrected chi connectivity index (χ3v) is 4.78. The lowest BCUT2D eigenvalue weighted by Crippen LogP contribution is -2.46. The van der Waals surface area contributed by atoms with Crippen molar-refractivity contribution in [3.8, 4) is 0 Å². The van der Waals surface area contributed by atoms with E-state index in [1.165, 1.54) is 11.1 Å². The molecule has 2 N–H and O–H groups in total. The second-order valence-electron chi connectivity index (χ2n) is 6.72. The zero-order valence-electron chi connectivity index (χ0n) is 14.2. The third kappa shape index (κ3) is 4.45. The largest absolute Gasteiger partial charge is 0.353 e. The lowest BCUT2D eigenvalue weighted by Gasteiger charge is -2.29. The number of carbonyl (C=O) groups is 1. The minimum Gasteiger partial charge on any atom is -0.353 e. The molecular weight excluding hydrogens is 296 g/mol. The summed E-state index contributed by atoms with van der Waals surface area (Å²) in [5, 5.41) is 6.67. The van der Waals surface area contributed by atoms with Crippen molar-refractivity contribution in [2.24, 2.45) is 0 Å². The second-order valence-corrected chi connectivity index (χ2v) is 6.72. The van der Waals surface area contributed by atoms with Gasteiger partial charge < -0.3 is 10.6 Å². The topological polar surface area (TPSA) is 41.1 Å². The fraction of sp³-hybridized carbons (Fsp3) is 0.381. The summed E-state index contributed by atoms with van der Waals surface area (Å²) in [4.78, 5) is 12.6. The van der Waals surface area contributed by atoms with E-state index < -0.39 is 0 Å². The standard InChI is InChI=1S/C21H26N2O/c1-16-14-19(12-13-22-16)23-21(24)15-20(17-8-4-2-5-9-17)18-10-6-3-7-11-18/h2-11,16,19-20,22H,12-15H2,1H3,(H,23,24). The first-order valence-electron chi connectivity index (χ1n) is 8.85. The van der Waals surface area contributed by atoms with Gasteiger partial charge in [-0.2, -0.15) is 0 Å². The Balaban J connectivity index is 1.71. The fourth-order valence-corrected chi connectivity index (χ4v) is 3.53. The molecule has 3 rings (SSSR count). The summed E-state index contributed by atoms with van der Waals surface area (Å²) in [7, 11) is 0. The predicted molar refractivity (Wildman–Crippen MR) is 98.0 cm³/mol. The molecule has 1 aliphatic rings. The van der Waals surface area contributed by atoms with Crippen LogP contribution in [0.3, 0.4) is 0 Å². The maximum atomic E-state index is 12.6. The first-order chi connectivity index (χ1) is 11.7. The Morgan fingerprint density at radius 2 is 1.67 bits per heavy atom. The highest BCUT2D eigenvalue weighted by molar-refractivity contribution is 5.78. The Morgan fingerprint density at radius 1 is 1.08 bits per heavy atom. The minimum atomic E-state index is 0.103. The Bertz CT molecular complexity index is 602. The average Bonchev–Trinajstić information content (AvgIpc) is 2.61. The predicted octanol–water partition coefficient (Wildman–Crippen LogP) is 3.47. The highest BCUT2D eigenvalue weighted by Gasteiger charge is 2.23. The van der Waals surface area contributed by atoms with Crippen LogP contribution >= 0.6 is 0 Å². The molecule has 2 aromatic carbocycles. The maximum Gasteiger partial charge on any atom is 0.221 e. The highest BCUT2D eigenvalue weighted by atomic mass is 16.1. The van der Waals surface area contributed by atoms with Crippen molar-refractivity contribution in [3.63, 3.8) is 0 Å². The van der Waals surface area contributed by atoms with Crippen molar-refractivity contribution in [2.75, 3.05) is 6.54 Å². The van der Waals surface area contributed by atoms with Gasteiger partial charge in [0.25, 0.3) is 0 Å². The van der Waals surface area contributed by atoms with Gasteiger partial charge in [-0.1, -0.05) is 60.7 Å². The molecule has 0 saturated carbocycles. The molecule has 1 aliphatic heterocycles. The van der Waals surface area contributed by atoms with Crippen LogP contribution in [0.5, 0.6) is 0 Å². The minimum absolute atomic E-state index is 0.103. The van der Waals surface area contributed by atoms with Gasteiger partial charge in [-0.05, 0) is 37.4 Å². The molecule has 2 unspecified atom stereocenters. The van der Waals surface area contributed by atoms with E-state index in [9.17, 15) is 4.79 Å². The molecule has 2 aromatic rings. The molecule has 1 heterocycles. The molecule has 0 radical (unpaired) electrons. The summed E-state index contributed by atoms with van der Waals surface area (Å²) in [6.07, 6.45) is 2.51. The van der Waals surface area contributed by atoms with Gasteiger partial charge in [0.2, 0.25) is 5.91 Å². The molecule has 126 valence electrons. The van der Waals surface area contributed by atoms with Gasteiger partial charge >= 0.3 is 0 Å². The van der Waals surface area contributed by atoms with Gasteiger partial charge in [0.15, 0.2) is 0 Å². The Labute approximate surface area is 144 Å². The summed E-state index contributed by atoms with van der Waals surface area (Å²) in [5.74, 6) is 0.248. The smallest absolute Gasteiger partial charge is 0.221 e. The number of amides is 1. The Hall–Kier alpha value is -2.13. The number of hydrogen-bond donors (Lipinski definition) is 2. The highest BCUT2D eigenvalue weighted by Crippen LogP contribution is 2.28. The molecule has 3 nitrogen and oxygen atoms in total. The van der Waals surface area contributed by atoms with Gasteiger partial charge in [-0.15, -0.1) is 0 Å². The van der Waals surface area contributed by atoms with Crippen LogP contribution in [0.25, 0.3) is 0 Å². The van der Waals surface area contributed by atoms with Gasteiger partial charge in [0.1, 0.15) is 0 Å². The van der Waals surface area contributed by atoms with Crippen molar-refractivity contribution in [1.82, 2.24) is 10.6 Å². The quantitative estimate of drug-likeness (QED) is 0.885. The summed E-state index contributed by atoms with van der Waals surface area (Å²) >= 11 is 0. The van der Waals surface area contributed by atoms with Crippen LogP contribution < -0.4 is 10.6 Å².